The Morgan fingerprint density at radius 3 is 2.47 bits per heavy atom. The lowest BCUT2D eigenvalue weighted by atomic mass is 10.0. The maximum Gasteiger partial charge on any atom is 0.303 e. The molecule has 0 bridgehead atoms. The minimum atomic E-state index is -0.445. The van der Waals surface area contributed by atoms with Crippen LogP contribution in [0.5, 0.6) is 11.5 Å². The van der Waals surface area contributed by atoms with Crippen LogP contribution in [0.3, 0.4) is 0 Å². The summed E-state index contributed by atoms with van der Waals surface area (Å²) in [7, 11) is 1.67. The molecular formula is C27H34N2O5. The highest BCUT2D eigenvalue weighted by molar-refractivity contribution is 5.80. The Morgan fingerprint density at radius 2 is 1.76 bits per heavy atom. The van der Waals surface area contributed by atoms with Gasteiger partial charge >= 0.3 is 5.97 Å². The third kappa shape index (κ3) is 6.01. The van der Waals surface area contributed by atoms with Crippen LogP contribution in [0.4, 0.5) is 5.69 Å². The number of esters is 1. The van der Waals surface area contributed by atoms with E-state index >= 15 is 0 Å². The summed E-state index contributed by atoms with van der Waals surface area (Å²) in [5, 5.41) is 0. The molecule has 1 heterocycles. The first kappa shape index (κ1) is 23.9. The molecule has 2 aliphatic rings. The molecule has 2 aromatic carbocycles. The van der Waals surface area contributed by atoms with Crippen molar-refractivity contribution in [2.24, 2.45) is 0 Å². The van der Waals surface area contributed by atoms with Crippen LogP contribution in [0.1, 0.15) is 38.2 Å². The third-order valence-corrected chi connectivity index (χ3v) is 6.62. The average molecular weight is 467 g/mol. The van der Waals surface area contributed by atoms with Gasteiger partial charge in [-0.1, -0.05) is 30.3 Å². The number of carbonyl (C=O) groups excluding carboxylic acids is 2. The van der Waals surface area contributed by atoms with Gasteiger partial charge in [0.15, 0.2) is 18.1 Å². The zero-order chi connectivity index (χ0) is 23.9. The Hall–Kier alpha value is -3.22. The number of amides is 1. The lowest BCUT2D eigenvalue weighted by Gasteiger charge is -2.42. The SMILES string of the molecule is COc1ccc(N2CCN(C(=O)COC(C)=O)[C@@H](Cc3ccccc3)C2)cc1OC1CCCC1. The summed E-state index contributed by atoms with van der Waals surface area (Å²) >= 11 is 0. The molecule has 1 aliphatic heterocycles. The number of carbonyl (C=O) groups is 2. The van der Waals surface area contributed by atoms with E-state index in [0.29, 0.717) is 19.6 Å². The summed E-state index contributed by atoms with van der Waals surface area (Å²) in [6.45, 7) is 3.02. The predicted molar refractivity (Wildman–Crippen MR) is 130 cm³/mol. The molecule has 1 aliphatic carbocycles. The molecule has 2 fully saturated rings. The van der Waals surface area contributed by atoms with Crippen LogP contribution < -0.4 is 14.4 Å². The standard InChI is InChI=1S/C27H34N2O5/c1-20(30)33-19-27(31)29-15-14-28(18-23(29)16-21-8-4-3-5-9-21)22-12-13-25(32-2)26(17-22)34-24-10-6-7-11-24/h3-5,8-9,12-13,17,23-24H,6-7,10-11,14-16,18-19H2,1-2H3/t23-/m0/s1. The molecule has 7 heteroatoms. The van der Waals surface area contributed by atoms with E-state index in [1.807, 2.05) is 29.2 Å². The molecule has 1 atom stereocenters. The Kier molecular flexibility index (Phi) is 7.93. The fraction of sp³-hybridized carbons (Fsp3) is 0.481. The van der Waals surface area contributed by atoms with Gasteiger partial charge in [0.25, 0.3) is 5.91 Å². The van der Waals surface area contributed by atoms with Gasteiger partial charge in [-0.15, -0.1) is 0 Å². The number of rotatable bonds is 8. The normalized spacial score (nSPS) is 18.6. The second kappa shape index (κ2) is 11.3. The summed E-state index contributed by atoms with van der Waals surface area (Å²) in [5.41, 5.74) is 2.22. The quantitative estimate of drug-likeness (QED) is 0.551. The van der Waals surface area contributed by atoms with Gasteiger partial charge in [0.1, 0.15) is 0 Å². The van der Waals surface area contributed by atoms with Crippen molar-refractivity contribution in [2.75, 3.05) is 38.3 Å². The van der Waals surface area contributed by atoms with Crippen molar-refractivity contribution in [3.05, 3.63) is 54.1 Å². The highest BCUT2D eigenvalue weighted by Gasteiger charge is 2.31. The smallest absolute Gasteiger partial charge is 0.303 e. The maximum absolute atomic E-state index is 12.9. The summed E-state index contributed by atoms with van der Waals surface area (Å²) in [6, 6.07) is 16.2. The van der Waals surface area contributed by atoms with E-state index in [2.05, 4.69) is 29.2 Å². The molecule has 1 saturated heterocycles. The number of benzene rings is 2. The van der Waals surface area contributed by atoms with Gasteiger partial charge in [0.05, 0.1) is 19.3 Å². The molecule has 1 saturated carbocycles. The molecule has 2 aromatic rings. The maximum atomic E-state index is 12.9. The number of hydrogen-bond donors (Lipinski definition) is 0. The lowest BCUT2D eigenvalue weighted by molar-refractivity contribution is -0.151. The van der Waals surface area contributed by atoms with Crippen LogP contribution in [0.15, 0.2) is 48.5 Å². The van der Waals surface area contributed by atoms with E-state index in [1.165, 1.54) is 25.3 Å². The minimum Gasteiger partial charge on any atom is -0.493 e. The van der Waals surface area contributed by atoms with Crippen LogP contribution in [-0.4, -0.2) is 62.3 Å². The summed E-state index contributed by atoms with van der Waals surface area (Å²) in [4.78, 5) is 28.2. The zero-order valence-electron chi connectivity index (χ0n) is 20.1. The third-order valence-electron chi connectivity index (χ3n) is 6.62. The lowest BCUT2D eigenvalue weighted by Crippen LogP contribution is -2.57. The van der Waals surface area contributed by atoms with E-state index in [4.69, 9.17) is 14.2 Å². The van der Waals surface area contributed by atoms with Gasteiger partial charge in [-0.3, -0.25) is 9.59 Å². The van der Waals surface area contributed by atoms with Gasteiger partial charge in [-0.25, -0.2) is 0 Å². The molecule has 34 heavy (non-hydrogen) atoms. The average Bonchev–Trinajstić information content (AvgIpc) is 3.36. The molecule has 0 spiro atoms. The summed E-state index contributed by atoms with van der Waals surface area (Å²) < 4.78 is 16.9. The van der Waals surface area contributed by atoms with Crippen LogP contribution in [0, 0.1) is 0 Å². The monoisotopic (exact) mass is 466 g/mol. The number of methoxy groups -OCH3 is 1. The van der Waals surface area contributed by atoms with Crippen molar-refractivity contribution < 1.29 is 23.8 Å². The summed E-state index contributed by atoms with van der Waals surface area (Å²) in [5.74, 6) is 0.918. The largest absolute Gasteiger partial charge is 0.493 e. The van der Waals surface area contributed by atoms with Crippen molar-refractivity contribution in [2.45, 2.75) is 51.2 Å². The van der Waals surface area contributed by atoms with Crippen LogP contribution >= 0.6 is 0 Å². The van der Waals surface area contributed by atoms with Crippen molar-refractivity contribution >= 4 is 17.6 Å². The Morgan fingerprint density at radius 1 is 1.00 bits per heavy atom. The molecule has 7 nitrogen and oxygen atoms in total. The van der Waals surface area contributed by atoms with Gasteiger partial charge in [0.2, 0.25) is 0 Å². The topological polar surface area (TPSA) is 68.3 Å². The van der Waals surface area contributed by atoms with E-state index in [0.717, 1.165) is 36.4 Å². The highest BCUT2D eigenvalue weighted by atomic mass is 16.5. The Labute approximate surface area is 201 Å². The Balaban J connectivity index is 1.52. The number of anilines is 1. The van der Waals surface area contributed by atoms with Gasteiger partial charge in [-0.05, 0) is 49.8 Å². The number of nitrogens with zero attached hydrogens (tertiary/aromatic N) is 2. The van der Waals surface area contributed by atoms with E-state index in [1.54, 1.807) is 7.11 Å². The minimum absolute atomic E-state index is 0.0412. The van der Waals surface area contributed by atoms with E-state index < -0.39 is 5.97 Å². The number of piperazine rings is 1. The number of ether oxygens (including phenoxy) is 3. The fourth-order valence-electron chi connectivity index (χ4n) is 4.87. The highest BCUT2D eigenvalue weighted by Crippen LogP contribution is 2.35. The molecule has 4 rings (SSSR count). The second-order valence-corrected chi connectivity index (χ2v) is 9.02. The van der Waals surface area contributed by atoms with Gasteiger partial charge < -0.3 is 24.0 Å². The van der Waals surface area contributed by atoms with Crippen molar-refractivity contribution in [1.29, 1.82) is 0 Å². The molecule has 0 radical (unpaired) electrons. The van der Waals surface area contributed by atoms with E-state index in [-0.39, 0.29) is 24.7 Å². The second-order valence-electron chi connectivity index (χ2n) is 9.02. The van der Waals surface area contributed by atoms with Crippen molar-refractivity contribution in [1.82, 2.24) is 4.90 Å². The van der Waals surface area contributed by atoms with Crippen LogP contribution in [0.25, 0.3) is 0 Å². The summed E-state index contributed by atoms with van der Waals surface area (Å²) in [6.07, 6.45) is 5.54. The molecular weight excluding hydrogens is 432 g/mol. The predicted octanol–water partition coefficient (Wildman–Crippen LogP) is 3.84. The molecule has 182 valence electrons. The zero-order valence-corrected chi connectivity index (χ0v) is 20.1. The van der Waals surface area contributed by atoms with Crippen molar-refractivity contribution in [3.63, 3.8) is 0 Å². The van der Waals surface area contributed by atoms with E-state index in [9.17, 15) is 9.59 Å². The van der Waals surface area contributed by atoms with Gasteiger partial charge in [-0.2, -0.15) is 0 Å². The number of hydrogen-bond acceptors (Lipinski definition) is 6. The molecule has 0 N–H and O–H groups in total. The fourth-order valence-corrected chi connectivity index (χ4v) is 4.87. The first-order chi connectivity index (χ1) is 16.5. The first-order valence-corrected chi connectivity index (χ1v) is 12.1. The molecule has 0 unspecified atom stereocenters. The van der Waals surface area contributed by atoms with Crippen LogP contribution in [0.2, 0.25) is 0 Å². The molecule has 0 aromatic heterocycles. The Bertz CT molecular complexity index is 974. The van der Waals surface area contributed by atoms with Gasteiger partial charge in [0, 0.05) is 38.3 Å². The molecule has 1 amide bonds. The van der Waals surface area contributed by atoms with Crippen molar-refractivity contribution in [3.8, 4) is 11.5 Å². The first-order valence-electron chi connectivity index (χ1n) is 12.1. The van der Waals surface area contributed by atoms with Crippen LogP contribution in [-0.2, 0) is 20.7 Å².